The van der Waals surface area contributed by atoms with Crippen LogP contribution in [0.25, 0.3) is 11.3 Å². The van der Waals surface area contributed by atoms with Gasteiger partial charge in [-0.2, -0.15) is 0 Å². The van der Waals surface area contributed by atoms with E-state index in [1.807, 2.05) is 30.3 Å². The van der Waals surface area contributed by atoms with Crippen molar-refractivity contribution in [3.63, 3.8) is 0 Å². The third-order valence-electron chi connectivity index (χ3n) is 2.50. The molecule has 0 bridgehead atoms. The topological polar surface area (TPSA) is 25.8 Å². The summed E-state index contributed by atoms with van der Waals surface area (Å²) in [4.78, 5) is 8.91. The Balaban J connectivity index is 2.49. The summed E-state index contributed by atoms with van der Waals surface area (Å²) in [6.07, 6.45) is 0.826. The fraction of sp³-hybridized carbons (Fsp3) is 0.286. The fourth-order valence-corrected chi connectivity index (χ4v) is 2.30. The molecular weight excluding hydrogens is 312 g/mol. The summed E-state index contributed by atoms with van der Waals surface area (Å²) in [5.41, 5.74) is 1.89. The van der Waals surface area contributed by atoms with Gasteiger partial charge in [0.25, 0.3) is 0 Å². The number of aromatic nitrogens is 2. The number of rotatable bonds is 3. The van der Waals surface area contributed by atoms with Gasteiger partial charge in [0, 0.05) is 12.0 Å². The lowest BCUT2D eigenvalue weighted by molar-refractivity contribution is 0.621. The number of hydrogen-bond acceptors (Lipinski definition) is 2. The number of benzene rings is 1. The van der Waals surface area contributed by atoms with E-state index in [4.69, 9.17) is 11.6 Å². The van der Waals surface area contributed by atoms with Crippen molar-refractivity contribution >= 4 is 27.5 Å². The molecule has 0 radical (unpaired) electrons. The maximum absolute atomic E-state index is 6.15. The minimum Gasteiger partial charge on any atom is -0.232 e. The smallest absolute Gasteiger partial charge is 0.147 e. The van der Waals surface area contributed by atoms with E-state index >= 15 is 0 Å². The molecule has 0 N–H and O–H groups in total. The minimum absolute atomic E-state index is 0.472. The summed E-state index contributed by atoms with van der Waals surface area (Å²) in [5.74, 6) is 1.29. The summed E-state index contributed by atoms with van der Waals surface area (Å²) in [6, 6.07) is 9.99. The van der Waals surface area contributed by atoms with Gasteiger partial charge in [-0.1, -0.05) is 55.8 Å². The summed E-state index contributed by atoms with van der Waals surface area (Å²) >= 11 is 9.61. The molecule has 0 aliphatic rings. The number of hydrogen-bond donors (Lipinski definition) is 0. The van der Waals surface area contributed by atoms with Gasteiger partial charge in [-0.15, -0.1) is 0 Å². The Morgan fingerprint density at radius 2 is 1.83 bits per heavy atom. The van der Waals surface area contributed by atoms with Gasteiger partial charge in [0.05, 0.1) is 10.2 Å². The minimum atomic E-state index is 0.472. The number of nitrogens with zero attached hydrogens (tertiary/aromatic N) is 2. The zero-order valence-corrected chi connectivity index (χ0v) is 12.7. The van der Waals surface area contributed by atoms with Crippen molar-refractivity contribution < 1.29 is 0 Å². The first-order valence-electron chi connectivity index (χ1n) is 5.85. The average molecular weight is 326 g/mol. The first kappa shape index (κ1) is 13.5. The Morgan fingerprint density at radius 1 is 1.17 bits per heavy atom. The van der Waals surface area contributed by atoms with Crippen molar-refractivity contribution in [3.8, 4) is 11.3 Å². The largest absolute Gasteiger partial charge is 0.232 e. The lowest BCUT2D eigenvalue weighted by Crippen LogP contribution is -2.03. The molecule has 1 heterocycles. The van der Waals surface area contributed by atoms with Gasteiger partial charge in [-0.25, -0.2) is 9.97 Å². The quantitative estimate of drug-likeness (QED) is 0.760. The van der Waals surface area contributed by atoms with Gasteiger partial charge in [0.2, 0.25) is 0 Å². The van der Waals surface area contributed by atoms with Crippen LogP contribution in [0.15, 0.2) is 34.8 Å². The predicted octanol–water partition coefficient (Wildman–Crippen LogP) is 4.76. The van der Waals surface area contributed by atoms with Gasteiger partial charge in [0.1, 0.15) is 11.0 Å². The maximum Gasteiger partial charge on any atom is 0.147 e. The molecule has 1 aromatic heterocycles. The molecule has 0 fully saturated rings. The second-order valence-corrected chi connectivity index (χ2v) is 5.71. The highest BCUT2D eigenvalue weighted by Gasteiger charge is 2.13. The van der Waals surface area contributed by atoms with Crippen molar-refractivity contribution in [2.45, 2.75) is 20.3 Å². The van der Waals surface area contributed by atoms with Crippen LogP contribution >= 0.6 is 27.5 Å². The SMILES string of the molecule is CC(C)Cc1nc(Cl)c(Br)c(-c2ccccc2)n1. The molecular formula is C14H14BrClN2. The molecule has 0 amide bonds. The van der Waals surface area contributed by atoms with Gasteiger partial charge in [-0.3, -0.25) is 0 Å². The highest BCUT2D eigenvalue weighted by Crippen LogP contribution is 2.31. The molecule has 0 saturated carbocycles. The van der Waals surface area contributed by atoms with E-state index < -0.39 is 0 Å². The molecule has 0 unspecified atom stereocenters. The molecule has 1 aromatic carbocycles. The van der Waals surface area contributed by atoms with Crippen LogP contribution in [0.4, 0.5) is 0 Å². The predicted molar refractivity (Wildman–Crippen MR) is 78.7 cm³/mol. The summed E-state index contributed by atoms with van der Waals surface area (Å²) in [7, 11) is 0. The van der Waals surface area contributed by atoms with E-state index in [2.05, 4.69) is 39.7 Å². The van der Waals surface area contributed by atoms with E-state index in [1.54, 1.807) is 0 Å². The maximum atomic E-state index is 6.15. The first-order valence-corrected chi connectivity index (χ1v) is 7.02. The third-order valence-corrected chi connectivity index (χ3v) is 3.75. The fourth-order valence-electron chi connectivity index (χ4n) is 1.71. The van der Waals surface area contributed by atoms with Crippen molar-refractivity contribution in [2.75, 3.05) is 0 Å². The molecule has 0 atom stereocenters. The van der Waals surface area contributed by atoms with Crippen molar-refractivity contribution in [3.05, 3.63) is 45.8 Å². The van der Waals surface area contributed by atoms with E-state index in [-0.39, 0.29) is 0 Å². The second kappa shape index (κ2) is 5.81. The van der Waals surface area contributed by atoms with Gasteiger partial charge >= 0.3 is 0 Å². The van der Waals surface area contributed by atoms with E-state index in [9.17, 15) is 0 Å². The van der Waals surface area contributed by atoms with E-state index in [0.717, 1.165) is 28.0 Å². The van der Waals surface area contributed by atoms with E-state index in [0.29, 0.717) is 11.1 Å². The van der Waals surface area contributed by atoms with Gasteiger partial charge in [0.15, 0.2) is 0 Å². The van der Waals surface area contributed by atoms with Crippen LogP contribution in [0.1, 0.15) is 19.7 Å². The molecule has 2 rings (SSSR count). The Bertz CT molecular complexity index is 541. The molecule has 2 aromatic rings. The van der Waals surface area contributed by atoms with Crippen molar-refractivity contribution in [2.24, 2.45) is 5.92 Å². The molecule has 94 valence electrons. The van der Waals surface area contributed by atoms with E-state index in [1.165, 1.54) is 0 Å². The molecule has 2 nitrogen and oxygen atoms in total. The highest BCUT2D eigenvalue weighted by atomic mass is 79.9. The normalized spacial score (nSPS) is 10.9. The van der Waals surface area contributed by atoms with Gasteiger partial charge < -0.3 is 0 Å². The first-order chi connectivity index (χ1) is 8.58. The molecule has 0 saturated heterocycles. The Labute approximate surface area is 121 Å². The van der Waals surface area contributed by atoms with Gasteiger partial charge in [-0.05, 0) is 21.8 Å². The summed E-state index contributed by atoms with van der Waals surface area (Å²) in [6.45, 7) is 4.28. The zero-order valence-electron chi connectivity index (χ0n) is 10.3. The standard InChI is InChI=1S/C14H14BrClN2/c1-9(2)8-11-17-13(12(15)14(16)18-11)10-6-4-3-5-7-10/h3-7,9H,8H2,1-2H3. The Kier molecular flexibility index (Phi) is 4.36. The molecule has 18 heavy (non-hydrogen) atoms. The second-order valence-electron chi connectivity index (χ2n) is 4.56. The van der Waals surface area contributed by atoms with Crippen molar-refractivity contribution in [1.82, 2.24) is 9.97 Å². The number of halogens is 2. The third kappa shape index (κ3) is 3.09. The summed E-state index contributed by atoms with van der Waals surface area (Å²) < 4.78 is 0.753. The van der Waals surface area contributed by atoms with Crippen molar-refractivity contribution in [1.29, 1.82) is 0 Å². The Morgan fingerprint density at radius 3 is 2.44 bits per heavy atom. The monoisotopic (exact) mass is 324 g/mol. The van der Waals surface area contributed by atoms with Crippen LogP contribution < -0.4 is 0 Å². The molecule has 0 aliphatic heterocycles. The molecule has 0 aliphatic carbocycles. The molecule has 4 heteroatoms. The summed E-state index contributed by atoms with van der Waals surface area (Å²) in [5, 5.41) is 0.472. The zero-order chi connectivity index (χ0) is 13.1. The van der Waals surface area contributed by atoms with Crippen LogP contribution in [0.5, 0.6) is 0 Å². The highest BCUT2D eigenvalue weighted by molar-refractivity contribution is 9.10. The van der Waals surface area contributed by atoms with Crippen LogP contribution in [-0.4, -0.2) is 9.97 Å². The lowest BCUT2D eigenvalue weighted by atomic mass is 10.1. The Hall–Kier alpha value is -0.930. The van der Waals surface area contributed by atoms with Crippen LogP contribution in [0, 0.1) is 5.92 Å². The molecule has 0 spiro atoms. The van der Waals surface area contributed by atoms with Crippen LogP contribution in [0.3, 0.4) is 0 Å². The van der Waals surface area contributed by atoms with Crippen LogP contribution in [-0.2, 0) is 6.42 Å². The van der Waals surface area contributed by atoms with Crippen LogP contribution in [0.2, 0.25) is 5.15 Å². The average Bonchev–Trinajstić information content (AvgIpc) is 2.34. The lowest BCUT2D eigenvalue weighted by Gasteiger charge is -2.09.